The average Bonchev–Trinajstić information content (AvgIpc) is 3.36. The number of rotatable bonds is 10. The summed E-state index contributed by atoms with van der Waals surface area (Å²) in [5.41, 5.74) is 4.39. The van der Waals surface area contributed by atoms with Crippen LogP contribution in [0.2, 0.25) is 0 Å². The van der Waals surface area contributed by atoms with Crippen molar-refractivity contribution in [2.75, 3.05) is 19.8 Å². The maximum atomic E-state index is 11.3. The van der Waals surface area contributed by atoms with Crippen LogP contribution in [0.15, 0.2) is 24.4 Å². The summed E-state index contributed by atoms with van der Waals surface area (Å²) in [5.74, 6) is 1.74. The Morgan fingerprint density at radius 2 is 1.95 bits per heavy atom. The van der Waals surface area contributed by atoms with E-state index in [0.29, 0.717) is 43.8 Å². The maximum absolute atomic E-state index is 11.3. The fourth-order valence-corrected chi connectivity index (χ4v) is 6.10. The fraction of sp³-hybridized carbons (Fsp3) is 0.667. The van der Waals surface area contributed by atoms with Crippen LogP contribution >= 0.6 is 24.2 Å². The van der Waals surface area contributed by atoms with Gasteiger partial charge in [-0.05, 0) is 62.2 Å². The van der Waals surface area contributed by atoms with Crippen molar-refractivity contribution in [1.82, 2.24) is 14.6 Å². The monoisotopic (exact) mass is 594 g/mol. The lowest BCUT2D eigenvalue weighted by Crippen LogP contribution is -2.57. The molecule has 224 valence electrons. The zero-order valence-corrected chi connectivity index (χ0v) is 26.7. The molecule has 2 N–H and O–H groups in total. The number of hydrogen-bond acceptors (Lipinski definition) is 9. The third kappa shape index (κ3) is 10.3. The number of benzene rings is 1. The second kappa shape index (κ2) is 15.0. The van der Waals surface area contributed by atoms with E-state index in [1.165, 1.54) is 37.1 Å². The van der Waals surface area contributed by atoms with E-state index in [1.54, 1.807) is 18.3 Å². The molecule has 4 rings (SSSR count). The highest BCUT2D eigenvalue weighted by Crippen LogP contribution is 2.43. The molecular formula is C30H48N3O5S2+. The lowest BCUT2D eigenvalue weighted by molar-refractivity contribution is -0.171. The molecule has 40 heavy (non-hydrogen) atoms. The van der Waals surface area contributed by atoms with Crippen LogP contribution in [-0.4, -0.2) is 47.6 Å². The smallest absolute Gasteiger partial charge is 0.305 e. The molecule has 1 aromatic carbocycles. The molecule has 1 aliphatic heterocycles. The first-order valence-corrected chi connectivity index (χ1v) is 15.7. The Hall–Kier alpha value is -1.69. The Morgan fingerprint density at radius 3 is 2.52 bits per heavy atom. The Balaban J connectivity index is 0.000000415. The summed E-state index contributed by atoms with van der Waals surface area (Å²) in [7, 11) is 0. The highest BCUT2D eigenvalue weighted by molar-refractivity contribution is 7.79. The molecular weight excluding hydrogens is 546 g/mol. The molecule has 8 nitrogen and oxygen atoms in total. The minimum Gasteiger partial charge on any atom is -0.493 e. The lowest BCUT2D eigenvalue weighted by Gasteiger charge is -2.31. The first-order valence-electron chi connectivity index (χ1n) is 14.5. The van der Waals surface area contributed by atoms with Crippen LogP contribution in [0.1, 0.15) is 97.4 Å². The number of thiazole rings is 1. The molecule has 1 atom stereocenters. The third-order valence-electron chi connectivity index (χ3n) is 6.70. The quantitative estimate of drug-likeness (QED) is 0.114. The number of aromatic nitrogens is 1. The van der Waals surface area contributed by atoms with E-state index in [-0.39, 0.29) is 17.6 Å². The summed E-state index contributed by atoms with van der Waals surface area (Å²) in [6, 6.07) is 5.88. The summed E-state index contributed by atoms with van der Waals surface area (Å²) in [6.07, 6.45) is 9.77. The molecule has 1 saturated carbocycles. The Morgan fingerprint density at radius 1 is 1.25 bits per heavy atom. The number of quaternary nitrogens is 1. The first kappa shape index (κ1) is 32.8. The Kier molecular flexibility index (Phi) is 12.3. The van der Waals surface area contributed by atoms with E-state index in [4.69, 9.17) is 19.2 Å². The Bertz CT molecular complexity index is 1070. The summed E-state index contributed by atoms with van der Waals surface area (Å²) in [6.45, 7) is 14.0. The highest BCUT2D eigenvalue weighted by atomic mass is 32.1. The lowest BCUT2D eigenvalue weighted by atomic mass is 9.90. The van der Waals surface area contributed by atoms with Crippen molar-refractivity contribution in [3.05, 3.63) is 29.4 Å². The van der Waals surface area contributed by atoms with Gasteiger partial charge >= 0.3 is 5.97 Å². The molecule has 1 aliphatic carbocycles. The summed E-state index contributed by atoms with van der Waals surface area (Å²) >= 11 is 6.31. The molecule has 10 heteroatoms. The van der Waals surface area contributed by atoms with Crippen LogP contribution in [0.5, 0.6) is 5.75 Å². The number of nitrogens with zero attached hydrogens (tertiary/aromatic N) is 2. The van der Waals surface area contributed by atoms with Gasteiger partial charge in [0.1, 0.15) is 24.7 Å². The molecule has 0 radical (unpaired) electrons. The standard InChI is InChI=1S/C24H38N3O2S2.C6H10O3/c1-17(2)13-14-29-19-11-12-20(21(15-19)27(28,30)26-24(3,4)5)22-16-25-23(31-22)18-9-7-6-8-10-18;1-2-6(7)9-5-3-8-4-5/h11-12,15-18,26,28,30H,6-10,13-14H2,1-5H3;5H,2-4H2,1H3/q+1;. The van der Waals surface area contributed by atoms with Gasteiger partial charge in [0.25, 0.3) is 0 Å². The zero-order valence-electron chi connectivity index (χ0n) is 24.9. The summed E-state index contributed by atoms with van der Waals surface area (Å²) < 4.78 is 14.9. The average molecular weight is 595 g/mol. The normalized spacial score (nSPS) is 17.9. The van der Waals surface area contributed by atoms with Crippen LogP contribution in [0, 0.1) is 5.92 Å². The van der Waals surface area contributed by atoms with Gasteiger partial charge in [0, 0.05) is 24.6 Å². The number of carbonyl (C=O) groups excluding carboxylic acids is 1. The molecule has 2 aliphatic rings. The van der Waals surface area contributed by atoms with Crippen molar-refractivity contribution >= 4 is 35.8 Å². The molecule has 2 aromatic rings. The van der Waals surface area contributed by atoms with Crippen LogP contribution in [0.3, 0.4) is 0 Å². The molecule has 1 aromatic heterocycles. The summed E-state index contributed by atoms with van der Waals surface area (Å²) in [4.78, 5) is 16.3. The predicted molar refractivity (Wildman–Crippen MR) is 165 cm³/mol. The van der Waals surface area contributed by atoms with Gasteiger partial charge in [-0.15, -0.1) is 16.8 Å². The fourth-order valence-electron chi connectivity index (χ4n) is 4.51. The molecule has 0 spiro atoms. The van der Waals surface area contributed by atoms with Crippen molar-refractivity contribution in [3.8, 4) is 16.2 Å². The summed E-state index contributed by atoms with van der Waals surface area (Å²) in [5, 5.41) is 12.5. The molecule has 1 unspecified atom stereocenters. The van der Waals surface area contributed by atoms with Gasteiger partial charge in [-0.25, -0.2) is 4.98 Å². The first-order chi connectivity index (χ1) is 18.9. The number of thiol groups is 1. The van der Waals surface area contributed by atoms with Gasteiger partial charge in [-0.3, -0.25) is 4.79 Å². The minimum atomic E-state index is -0.725. The van der Waals surface area contributed by atoms with Crippen LogP contribution in [-0.2, 0) is 14.3 Å². The number of ether oxygens (including phenoxy) is 3. The van der Waals surface area contributed by atoms with E-state index >= 15 is 0 Å². The number of nitrogens with one attached hydrogen (secondary N) is 1. The van der Waals surface area contributed by atoms with E-state index < -0.39 is 4.16 Å². The van der Waals surface area contributed by atoms with E-state index in [0.717, 1.165) is 22.6 Å². The van der Waals surface area contributed by atoms with E-state index in [9.17, 15) is 10.0 Å². The third-order valence-corrected chi connectivity index (χ3v) is 8.21. The largest absolute Gasteiger partial charge is 0.493 e. The number of hydrogen-bond donors (Lipinski definition) is 3. The van der Waals surface area contributed by atoms with E-state index in [2.05, 4.69) is 32.1 Å². The van der Waals surface area contributed by atoms with Crippen molar-refractivity contribution in [3.63, 3.8) is 0 Å². The highest BCUT2D eigenvalue weighted by Gasteiger charge is 2.35. The molecule has 0 bridgehead atoms. The van der Waals surface area contributed by atoms with Crippen molar-refractivity contribution < 1.29 is 24.2 Å². The van der Waals surface area contributed by atoms with Crippen molar-refractivity contribution in [1.29, 1.82) is 0 Å². The van der Waals surface area contributed by atoms with Crippen LogP contribution in [0.4, 0.5) is 5.69 Å². The number of esters is 1. The van der Waals surface area contributed by atoms with Gasteiger partial charge in [0.15, 0.2) is 0 Å². The molecule has 1 saturated heterocycles. The topological polar surface area (TPSA) is 89.9 Å². The Labute approximate surface area is 249 Å². The van der Waals surface area contributed by atoms with Crippen molar-refractivity contribution in [2.24, 2.45) is 5.92 Å². The SMILES string of the molecule is CC(C)CCOc1ccc(-c2cnc(C3CCCCC3)s2)c([N+](O)(S)NC(C)(C)C)c1.CCC(=O)OC1COC1. The molecule has 0 amide bonds. The second-order valence-corrected chi connectivity index (χ2v) is 13.7. The van der Waals surface area contributed by atoms with Gasteiger partial charge in [0.05, 0.1) is 40.8 Å². The van der Waals surface area contributed by atoms with Crippen LogP contribution < -0.4 is 14.3 Å². The zero-order chi connectivity index (χ0) is 29.3. The van der Waals surface area contributed by atoms with Gasteiger partial charge < -0.3 is 14.2 Å². The van der Waals surface area contributed by atoms with E-state index in [1.807, 2.05) is 45.2 Å². The molecule has 2 heterocycles. The number of carbonyl (C=O) groups is 1. The maximum Gasteiger partial charge on any atom is 0.305 e. The minimum absolute atomic E-state index is 0.0393. The van der Waals surface area contributed by atoms with Gasteiger partial charge in [0.2, 0.25) is 5.69 Å². The van der Waals surface area contributed by atoms with Gasteiger partial charge in [-0.2, -0.15) is 5.21 Å². The van der Waals surface area contributed by atoms with Crippen LogP contribution in [0.25, 0.3) is 10.4 Å². The molecule has 2 fully saturated rings. The predicted octanol–water partition coefficient (Wildman–Crippen LogP) is 7.47. The second-order valence-electron chi connectivity index (χ2n) is 12.1. The van der Waals surface area contributed by atoms with Gasteiger partial charge in [-0.1, -0.05) is 40.0 Å². The van der Waals surface area contributed by atoms with Crippen molar-refractivity contribution in [2.45, 2.75) is 104 Å².